The van der Waals surface area contributed by atoms with Crippen molar-refractivity contribution in [3.05, 3.63) is 41.7 Å². The number of amides is 2. The number of aryl methyl sites for hydroxylation is 2. The van der Waals surface area contributed by atoms with Gasteiger partial charge in [-0.05, 0) is 44.2 Å². The van der Waals surface area contributed by atoms with E-state index >= 15 is 0 Å². The van der Waals surface area contributed by atoms with Gasteiger partial charge in [0.05, 0.1) is 12.2 Å². The standard InChI is InChI=1S/C15H18N4O3/c1-10-9-11(2)19(18-10)8-7-16-14(21)15(22)17-12-3-5-13(20)6-4-12/h3-6,9,20H,7-8H2,1-2H3,(H,16,21)(H,17,22). The molecule has 2 aromatic rings. The molecule has 0 atom stereocenters. The Bertz CT molecular complexity index is 677. The van der Waals surface area contributed by atoms with Crippen molar-refractivity contribution in [3.8, 4) is 5.75 Å². The van der Waals surface area contributed by atoms with Crippen molar-refractivity contribution in [2.45, 2.75) is 20.4 Å². The van der Waals surface area contributed by atoms with E-state index < -0.39 is 11.8 Å². The van der Waals surface area contributed by atoms with Crippen LogP contribution in [0.1, 0.15) is 11.4 Å². The number of rotatable bonds is 4. The molecule has 2 rings (SSSR count). The van der Waals surface area contributed by atoms with Gasteiger partial charge in [0.2, 0.25) is 0 Å². The number of nitrogens with zero attached hydrogens (tertiary/aromatic N) is 2. The molecule has 2 amide bonds. The van der Waals surface area contributed by atoms with Crippen LogP contribution in [0.3, 0.4) is 0 Å². The fourth-order valence-electron chi connectivity index (χ4n) is 1.99. The summed E-state index contributed by atoms with van der Waals surface area (Å²) < 4.78 is 1.77. The number of phenolic OH excluding ortho intramolecular Hbond substituents is 1. The van der Waals surface area contributed by atoms with Gasteiger partial charge >= 0.3 is 11.8 Å². The lowest BCUT2D eigenvalue weighted by molar-refractivity contribution is -0.136. The van der Waals surface area contributed by atoms with Gasteiger partial charge in [0.25, 0.3) is 0 Å². The van der Waals surface area contributed by atoms with Crippen molar-refractivity contribution >= 4 is 17.5 Å². The molecule has 0 aliphatic heterocycles. The Labute approximate surface area is 128 Å². The van der Waals surface area contributed by atoms with Crippen LogP contribution < -0.4 is 10.6 Å². The molecular formula is C15H18N4O3. The van der Waals surface area contributed by atoms with Gasteiger partial charge in [-0.2, -0.15) is 5.10 Å². The Kier molecular flexibility index (Phi) is 4.77. The highest BCUT2D eigenvalue weighted by atomic mass is 16.3. The number of benzene rings is 1. The third-order valence-corrected chi connectivity index (χ3v) is 3.04. The zero-order chi connectivity index (χ0) is 16.1. The highest BCUT2D eigenvalue weighted by Crippen LogP contribution is 2.13. The number of aromatic hydroxyl groups is 1. The van der Waals surface area contributed by atoms with Crippen LogP contribution in [0.25, 0.3) is 0 Å². The quantitative estimate of drug-likeness (QED) is 0.579. The molecule has 0 aliphatic rings. The topological polar surface area (TPSA) is 96.2 Å². The van der Waals surface area contributed by atoms with Crippen LogP contribution in [0.5, 0.6) is 5.75 Å². The molecule has 0 saturated carbocycles. The number of anilines is 1. The van der Waals surface area contributed by atoms with E-state index in [9.17, 15) is 9.59 Å². The van der Waals surface area contributed by atoms with E-state index in [0.717, 1.165) is 11.4 Å². The van der Waals surface area contributed by atoms with Crippen molar-refractivity contribution in [1.82, 2.24) is 15.1 Å². The minimum absolute atomic E-state index is 0.0901. The van der Waals surface area contributed by atoms with Gasteiger partial charge in [-0.25, -0.2) is 0 Å². The summed E-state index contributed by atoms with van der Waals surface area (Å²) in [6.07, 6.45) is 0. The van der Waals surface area contributed by atoms with Crippen molar-refractivity contribution < 1.29 is 14.7 Å². The fraction of sp³-hybridized carbons (Fsp3) is 0.267. The number of phenols is 1. The molecule has 0 radical (unpaired) electrons. The third-order valence-electron chi connectivity index (χ3n) is 3.04. The second-order valence-corrected chi connectivity index (χ2v) is 4.91. The van der Waals surface area contributed by atoms with Gasteiger partial charge in [0.15, 0.2) is 0 Å². The Balaban J connectivity index is 1.80. The molecule has 0 bridgehead atoms. The van der Waals surface area contributed by atoms with Crippen molar-refractivity contribution in [2.75, 3.05) is 11.9 Å². The summed E-state index contributed by atoms with van der Waals surface area (Å²) in [6, 6.07) is 7.82. The summed E-state index contributed by atoms with van der Waals surface area (Å²) in [4.78, 5) is 23.4. The third kappa shape index (κ3) is 4.08. The molecule has 0 unspecified atom stereocenters. The SMILES string of the molecule is Cc1cc(C)n(CCNC(=O)C(=O)Nc2ccc(O)cc2)n1. The zero-order valence-electron chi connectivity index (χ0n) is 12.5. The molecule has 0 saturated heterocycles. The van der Waals surface area contributed by atoms with Gasteiger partial charge in [0.1, 0.15) is 5.75 Å². The van der Waals surface area contributed by atoms with Gasteiger partial charge < -0.3 is 15.7 Å². The first-order chi connectivity index (χ1) is 10.5. The second kappa shape index (κ2) is 6.75. The molecule has 0 aliphatic carbocycles. The van der Waals surface area contributed by atoms with Crippen LogP contribution in [0.15, 0.2) is 30.3 Å². The molecule has 22 heavy (non-hydrogen) atoms. The van der Waals surface area contributed by atoms with Gasteiger partial charge in [0, 0.05) is 17.9 Å². The van der Waals surface area contributed by atoms with Crippen molar-refractivity contribution in [3.63, 3.8) is 0 Å². The van der Waals surface area contributed by atoms with E-state index in [1.807, 2.05) is 19.9 Å². The van der Waals surface area contributed by atoms with Crippen LogP contribution >= 0.6 is 0 Å². The van der Waals surface area contributed by atoms with Crippen molar-refractivity contribution in [2.24, 2.45) is 0 Å². The lowest BCUT2D eigenvalue weighted by atomic mass is 10.3. The van der Waals surface area contributed by atoms with E-state index in [2.05, 4.69) is 15.7 Å². The van der Waals surface area contributed by atoms with E-state index in [4.69, 9.17) is 5.11 Å². The lowest BCUT2D eigenvalue weighted by Gasteiger charge is -2.07. The van der Waals surface area contributed by atoms with Gasteiger partial charge in [-0.3, -0.25) is 14.3 Å². The molecule has 1 heterocycles. The molecule has 0 spiro atoms. The number of hydrogen-bond donors (Lipinski definition) is 3. The molecule has 7 nitrogen and oxygen atoms in total. The molecule has 1 aromatic heterocycles. The van der Waals surface area contributed by atoms with E-state index in [1.165, 1.54) is 24.3 Å². The number of hydrogen-bond acceptors (Lipinski definition) is 4. The first kappa shape index (κ1) is 15.6. The first-order valence-electron chi connectivity index (χ1n) is 6.85. The van der Waals surface area contributed by atoms with Crippen LogP contribution in [-0.2, 0) is 16.1 Å². The van der Waals surface area contributed by atoms with Crippen LogP contribution in [0, 0.1) is 13.8 Å². The molecule has 3 N–H and O–H groups in total. The second-order valence-electron chi connectivity index (χ2n) is 4.91. The average molecular weight is 302 g/mol. The molecule has 7 heteroatoms. The Morgan fingerprint density at radius 3 is 2.45 bits per heavy atom. The minimum Gasteiger partial charge on any atom is -0.508 e. The minimum atomic E-state index is -0.751. The molecule has 116 valence electrons. The number of carbonyl (C=O) groups is 2. The number of nitrogens with one attached hydrogen (secondary N) is 2. The predicted molar refractivity (Wildman–Crippen MR) is 81.4 cm³/mol. The lowest BCUT2D eigenvalue weighted by Crippen LogP contribution is -2.37. The maximum absolute atomic E-state index is 11.7. The zero-order valence-corrected chi connectivity index (χ0v) is 12.5. The summed E-state index contributed by atoms with van der Waals surface area (Å²) in [5, 5.41) is 18.4. The summed E-state index contributed by atoms with van der Waals surface area (Å²) in [7, 11) is 0. The molecule has 1 aromatic carbocycles. The average Bonchev–Trinajstić information content (AvgIpc) is 2.79. The van der Waals surface area contributed by atoms with Crippen molar-refractivity contribution in [1.29, 1.82) is 0 Å². The smallest absolute Gasteiger partial charge is 0.313 e. The van der Waals surface area contributed by atoms with E-state index in [-0.39, 0.29) is 5.75 Å². The summed E-state index contributed by atoms with van der Waals surface area (Å²) in [5.41, 5.74) is 2.35. The first-order valence-corrected chi connectivity index (χ1v) is 6.85. The monoisotopic (exact) mass is 302 g/mol. The largest absolute Gasteiger partial charge is 0.508 e. The molecule has 0 fully saturated rings. The van der Waals surface area contributed by atoms with E-state index in [0.29, 0.717) is 18.8 Å². The Morgan fingerprint density at radius 1 is 1.18 bits per heavy atom. The Hall–Kier alpha value is -2.83. The fourth-order valence-corrected chi connectivity index (χ4v) is 1.99. The van der Waals surface area contributed by atoms with E-state index in [1.54, 1.807) is 4.68 Å². The summed E-state index contributed by atoms with van der Waals surface area (Å²) in [5.74, 6) is -1.37. The maximum Gasteiger partial charge on any atom is 0.313 e. The highest BCUT2D eigenvalue weighted by molar-refractivity contribution is 6.39. The van der Waals surface area contributed by atoms with Crippen LogP contribution in [-0.4, -0.2) is 33.2 Å². The predicted octanol–water partition coefficient (Wildman–Crippen LogP) is 0.960. The van der Waals surface area contributed by atoms with Gasteiger partial charge in [-0.15, -0.1) is 0 Å². The van der Waals surface area contributed by atoms with Crippen LogP contribution in [0.2, 0.25) is 0 Å². The maximum atomic E-state index is 11.7. The number of aromatic nitrogens is 2. The van der Waals surface area contributed by atoms with Gasteiger partial charge in [-0.1, -0.05) is 0 Å². The highest BCUT2D eigenvalue weighted by Gasteiger charge is 2.13. The molecular weight excluding hydrogens is 284 g/mol. The summed E-state index contributed by atoms with van der Waals surface area (Å²) in [6.45, 7) is 4.63. The Morgan fingerprint density at radius 2 is 1.86 bits per heavy atom. The van der Waals surface area contributed by atoms with Crippen LogP contribution in [0.4, 0.5) is 5.69 Å². The summed E-state index contributed by atoms with van der Waals surface area (Å²) >= 11 is 0. The normalized spacial score (nSPS) is 10.3. The number of carbonyl (C=O) groups excluding carboxylic acids is 2.